The number of benzene rings is 2. The van der Waals surface area contributed by atoms with Crippen molar-refractivity contribution in [3.63, 3.8) is 0 Å². The lowest BCUT2D eigenvalue weighted by molar-refractivity contribution is 0.577. The minimum Gasteiger partial charge on any atom is -0.418 e. The molecule has 2 heterocycles. The Hall–Kier alpha value is -2.61. The van der Waals surface area contributed by atoms with E-state index in [4.69, 9.17) is 16.0 Å². The largest absolute Gasteiger partial charge is 0.418 e. The van der Waals surface area contributed by atoms with Crippen LogP contribution in [0.3, 0.4) is 0 Å². The van der Waals surface area contributed by atoms with Crippen molar-refractivity contribution in [2.75, 3.05) is 5.32 Å². The number of anilines is 1. The SMILES string of the molecule is O=S(=O)(c1ccccc1)c1nc(-c2cccs2)oc1NCc1ccccc1Cl. The van der Waals surface area contributed by atoms with Crippen LogP contribution in [-0.4, -0.2) is 13.4 Å². The third-order valence-electron chi connectivity index (χ3n) is 4.03. The fourth-order valence-electron chi connectivity index (χ4n) is 2.63. The summed E-state index contributed by atoms with van der Waals surface area (Å²) in [5.74, 6) is 0.346. The Labute approximate surface area is 171 Å². The van der Waals surface area contributed by atoms with Crippen LogP contribution in [-0.2, 0) is 16.4 Å². The van der Waals surface area contributed by atoms with E-state index in [1.807, 2.05) is 35.7 Å². The molecule has 0 saturated carbocycles. The average Bonchev–Trinajstić information content (AvgIpc) is 3.38. The highest BCUT2D eigenvalue weighted by atomic mass is 35.5. The third-order valence-corrected chi connectivity index (χ3v) is 6.94. The molecule has 5 nitrogen and oxygen atoms in total. The number of nitrogens with one attached hydrogen (secondary N) is 1. The Morgan fingerprint density at radius 2 is 1.75 bits per heavy atom. The molecule has 28 heavy (non-hydrogen) atoms. The van der Waals surface area contributed by atoms with Gasteiger partial charge in [-0.05, 0) is 35.2 Å². The van der Waals surface area contributed by atoms with Gasteiger partial charge in [-0.15, -0.1) is 11.3 Å². The number of hydrogen-bond donors (Lipinski definition) is 1. The van der Waals surface area contributed by atoms with E-state index < -0.39 is 9.84 Å². The van der Waals surface area contributed by atoms with Crippen molar-refractivity contribution in [3.8, 4) is 10.8 Å². The average molecular weight is 431 g/mol. The molecule has 0 amide bonds. The van der Waals surface area contributed by atoms with Crippen molar-refractivity contribution < 1.29 is 12.8 Å². The number of rotatable bonds is 6. The molecule has 0 bridgehead atoms. The monoisotopic (exact) mass is 430 g/mol. The lowest BCUT2D eigenvalue weighted by Crippen LogP contribution is -2.07. The summed E-state index contributed by atoms with van der Waals surface area (Å²) in [5, 5.41) is 5.36. The van der Waals surface area contributed by atoms with Gasteiger partial charge in [0.15, 0.2) is 0 Å². The number of thiophene rings is 1. The molecule has 0 fully saturated rings. The Kier molecular flexibility index (Phi) is 5.21. The molecule has 2 aromatic heterocycles. The van der Waals surface area contributed by atoms with Crippen LogP contribution in [0.25, 0.3) is 10.8 Å². The molecule has 142 valence electrons. The Balaban J connectivity index is 1.75. The molecular weight excluding hydrogens is 416 g/mol. The van der Waals surface area contributed by atoms with Crippen LogP contribution in [0.1, 0.15) is 5.56 Å². The second-order valence-corrected chi connectivity index (χ2v) is 9.11. The quantitative estimate of drug-likeness (QED) is 0.437. The van der Waals surface area contributed by atoms with Crippen molar-refractivity contribution in [1.82, 2.24) is 4.98 Å². The topological polar surface area (TPSA) is 72.2 Å². The van der Waals surface area contributed by atoms with E-state index in [0.29, 0.717) is 11.6 Å². The molecule has 2 aromatic carbocycles. The van der Waals surface area contributed by atoms with Gasteiger partial charge < -0.3 is 9.73 Å². The highest BCUT2D eigenvalue weighted by Crippen LogP contribution is 2.34. The van der Waals surface area contributed by atoms with Gasteiger partial charge in [-0.25, -0.2) is 8.42 Å². The number of sulfone groups is 1. The normalized spacial score (nSPS) is 11.5. The van der Waals surface area contributed by atoms with Gasteiger partial charge in [0, 0.05) is 11.6 Å². The van der Waals surface area contributed by atoms with Gasteiger partial charge in [0.2, 0.25) is 26.6 Å². The van der Waals surface area contributed by atoms with Crippen LogP contribution in [0.5, 0.6) is 0 Å². The smallest absolute Gasteiger partial charge is 0.240 e. The lowest BCUT2D eigenvalue weighted by atomic mass is 10.2. The van der Waals surface area contributed by atoms with Crippen LogP contribution in [0.2, 0.25) is 5.02 Å². The summed E-state index contributed by atoms with van der Waals surface area (Å²) < 4.78 is 32.1. The van der Waals surface area contributed by atoms with Crippen LogP contribution in [0, 0.1) is 0 Å². The highest BCUT2D eigenvalue weighted by molar-refractivity contribution is 7.91. The van der Waals surface area contributed by atoms with Gasteiger partial charge in [-0.3, -0.25) is 0 Å². The Bertz CT molecular complexity index is 1190. The van der Waals surface area contributed by atoms with Crippen LogP contribution in [0.4, 0.5) is 5.88 Å². The molecule has 0 aliphatic carbocycles. The van der Waals surface area contributed by atoms with Crippen molar-refractivity contribution in [3.05, 3.63) is 82.7 Å². The van der Waals surface area contributed by atoms with Crippen molar-refractivity contribution >= 4 is 38.7 Å². The maximum Gasteiger partial charge on any atom is 0.240 e. The molecule has 0 aliphatic rings. The Morgan fingerprint density at radius 1 is 1.00 bits per heavy atom. The first kappa shape index (κ1) is 18.7. The zero-order chi connectivity index (χ0) is 19.6. The molecule has 4 rings (SSSR count). The summed E-state index contributed by atoms with van der Waals surface area (Å²) in [5.41, 5.74) is 0.821. The summed E-state index contributed by atoms with van der Waals surface area (Å²) in [6.45, 7) is 0.302. The number of aromatic nitrogens is 1. The fourth-order valence-corrected chi connectivity index (χ4v) is 4.79. The lowest BCUT2D eigenvalue weighted by Gasteiger charge is -2.07. The first-order chi connectivity index (χ1) is 13.6. The van der Waals surface area contributed by atoms with Crippen LogP contribution < -0.4 is 5.32 Å². The van der Waals surface area contributed by atoms with Gasteiger partial charge in [-0.1, -0.05) is 54.1 Å². The zero-order valence-electron chi connectivity index (χ0n) is 14.5. The minimum absolute atomic E-state index is 0.0900. The van der Waals surface area contributed by atoms with E-state index in [2.05, 4.69) is 10.3 Å². The summed E-state index contributed by atoms with van der Waals surface area (Å²) in [6, 6.07) is 19.2. The summed E-state index contributed by atoms with van der Waals surface area (Å²) in [6.07, 6.45) is 0. The molecule has 0 unspecified atom stereocenters. The molecule has 0 atom stereocenters. The minimum atomic E-state index is -3.85. The summed E-state index contributed by atoms with van der Waals surface area (Å²) >= 11 is 7.62. The summed E-state index contributed by atoms with van der Waals surface area (Å²) in [4.78, 5) is 5.20. The van der Waals surface area contributed by atoms with Crippen LogP contribution in [0.15, 0.2) is 86.4 Å². The highest BCUT2D eigenvalue weighted by Gasteiger charge is 2.28. The van der Waals surface area contributed by atoms with E-state index >= 15 is 0 Å². The molecule has 0 spiro atoms. The van der Waals surface area contributed by atoms with E-state index in [1.165, 1.54) is 23.5 Å². The van der Waals surface area contributed by atoms with Crippen molar-refractivity contribution in [2.24, 2.45) is 0 Å². The first-order valence-electron chi connectivity index (χ1n) is 8.38. The van der Waals surface area contributed by atoms with Gasteiger partial charge in [-0.2, -0.15) is 4.98 Å². The third kappa shape index (κ3) is 3.69. The van der Waals surface area contributed by atoms with Crippen LogP contribution >= 0.6 is 22.9 Å². The second-order valence-electron chi connectivity index (χ2n) is 5.89. The fraction of sp³-hybridized carbons (Fsp3) is 0.0500. The standard InChI is InChI=1S/C20H15ClN2O3S2/c21-16-10-5-4-7-14(16)13-22-19-20(23-18(26-19)17-11-6-12-27-17)28(24,25)15-8-2-1-3-9-15/h1-12,22H,13H2. The molecule has 0 radical (unpaired) electrons. The van der Waals surface area contributed by atoms with E-state index in [9.17, 15) is 8.42 Å². The zero-order valence-corrected chi connectivity index (χ0v) is 16.9. The molecule has 0 saturated heterocycles. The predicted molar refractivity (Wildman–Crippen MR) is 110 cm³/mol. The molecule has 0 aliphatic heterocycles. The molecular formula is C20H15ClN2O3S2. The summed E-state index contributed by atoms with van der Waals surface area (Å²) in [7, 11) is -3.85. The van der Waals surface area contributed by atoms with Gasteiger partial charge >= 0.3 is 0 Å². The number of nitrogens with zero attached hydrogens (tertiary/aromatic N) is 1. The maximum atomic E-state index is 13.1. The number of hydrogen-bond acceptors (Lipinski definition) is 6. The van der Waals surface area contributed by atoms with E-state index in [-0.39, 0.29) is 21.7 Å². The van der Waals surface area contributed by atoms with Crippen molar-refractivity contribution in [2.45, 2.75) is 16.5 Å². The molecule has 8 heteroatoms. The predicted octanol–water partition coefficient (Wildman–Crippen LogP) is 5.50. The van der Waals surface area contributed by atoms with Gasteiger partial charge in [0.05, 0.1) is 9.77 Å². The first-order valence-corrected chi connectivity index (χ1v) is 11.1. The van der Waals surface area contributed by atoms with Gasteiger partial charge in [0.1, 0.15) is 0 Å². The second kappa shape index (κ2) is 7.79. The number of oxazole rings is 1. The number of halogens is 1. The van der Waals surface area contributed by atoms with Crippen molar-refractivity contribution in [1.29, 1.82) is 0 Å². The maximum absolute atomic E-state index is 13.1. The van der Waals surface area contributed by atoms with E-state index in [0.717, 1.165) is 10.4 Å². The molecule has 4 aromatic rings. The van der Waals surface area contributed by atoms with E-state index in [1.54, 1.807) is 24.3 Å². The molecule has 1 N–H and O–H groups in total. The Morgan fingerprint density at radius 3 is 2.46 bits per heavy atom. The van der Waals surface area contributed by atoms with Gasteiger partial charge in [0.25, 0.3) is 0 Å².